The molecule has 1 aromatic carbocycles. The lowest BCUT2D eigenvalue weighted by Gasteiger charge is -2.06. The van der Waals surface area contributed by atoms with Crippen molar-refractivity contribution >= 4 is 33.5 Å². The molecule has 0 unspecified atom stereocenters. The van der Waals surface area contributed by atoms with E-state index in [9.17, 15) is 9.59 Å². The molecule has 15 heavy (non-hydrogen) atoms. The molecule has 0 saturated heterocycles. The SMILES string of the molecule is Cn1c(=O)c2cc(I)ccc2n(C)c1=O. The molecule has 0 radical (unpaired) electrons. The van der Waals surface area contributed by atoms with Gasteiger partial charge < -0.3 is 0 Å². The summed E-state index contributed by atoms with van der Waals surface area (Å²) in [6.45, 7) is 0. The van der Waals surface area contributed by atoms with Crippen LogP contribution >= 0.6 is 22.6 Å². The number of hydrogen-bond acceptors (Lipinski definition) is 2. The Morgan fingerprint density at radius 3 is 2.47 bits per heavy atom. The molecule has 0 spiro atoms. The van der Waals surface area contributed by atoms with Crippen LogP contribution in [0.4, 0.5) is 0 Å². The third-order valence-electron chi connectivity index (χ3n) is 2.43. The topological polar surface area (TPSA) is 44.0 Å². The predicted molar refractivity (Wildman–Crippen MR) is 67.1 cm³/mol. The van der Waals surface area contributed by atoms with Gasteiger partial charge in [-0.2, -0.15) is 0 Å². The summed E-state index contributed by atoms with van der Waals surface area (Å²) in [4.78, 5) is 23.4. The van der Waals surface area contributed by atoms with E-state index in [-0.39, 0.29) is 11.2 Å². The number of halogens is 1. The van der Waals surface area contributed by atoms with E-state index in [1.807, 2.05) is 6.07 Å². The largest absolute Gasteiger partial charge is 0.330 e. The molecule has 0 amide bonds. The zero-order valence-electron chi connectivity index (χ0n) is 8.32. The Balaban J connectivity index is 3.15. The minimum Gasteiger partial charge on any atom is -0.296 e. The van der Waals surface area contributed by atoms with Crippen LogP contribution in [0.2, 0.25) is 0 Å². The number of fused-ring (bicyclic) bond motifs is 1. The maximum absolute atomic E-state index is 11.8. The Bertz CT molecular complexity index is 655. The van der Waals surface area contributed by atoms with Crippen molar-refractivity contribution in [2.75, 3.05) is 0 Å². The third-order valence-corrected chi connectivity index (χ3v) is 3.10. The molecule has 2 aromatic rings. The van der Waals surface area contributed by atoms with Gasteiger partial charge in [0.15, 0.2) is 0 Å². The smallest absolute Gasteiger partial charge is 0.296 e. The van der Waals surface area contributed by atoms with Crippen LogP contribution in [-0.4, -0.2) is 9.13 Å². The Morgan fingerprint density at radius 2 is 1.80 bits per heavy atom. The van der Waals surface area contributed by atoms with Crippen molar-refractivity contribution in [1.29, 1.82) is 0 Å². The Kier molecular flexibility index (Phi) is 2.41. The highest BCUT2D eigenvalue weighted by molar-refractivity contribution is 14.1. The van der Waals surface area contributed by atoms with E-state index in [1.54, 1.807) is 19.2 Å². The summed E-state index contributed by atoms with van der Waals surface area (Å²) in [5, 5.41) is 0.575. The number of rotatable bonds is 0. The second-order valence-electron chi connectivity index (χ2n) is 3.37. The molecule has 0 aliphatic heterocycles. The van der Waals surface area contributed by atoms with Gasteiger partial charge in [0.25, 0.3) is 5.56 Å². The fraction of sp³-hybridized carbons (Fsp3) is 0.200. The van der Waals surface area contributed by atoms with E-state index >= 15 is 0 Å². The van der Waals surface area contributed by atoms with Crippen LogP contribution in [0.5, 0.6) is 0 Å². The van der Waals surface area contributed by atoms with E-state index in [2.05, 4.69) is 22.6 Å². The van der Waals surface area contributed by atoms with Crippen molar-refractivity contribution in [2.45, 2.75) is 0 Å². The summed E-state index contributed by atoms with van der Waals surface area (Å²) in [6.07, 6.45) is 0. The van der Waals surface area contributed by atoms with Gasteiger partial charge in [0.05, 0.1) is 10.9 Å². The Labute approximate surface area is 99.3 Å². The molecule has 5 heteroatoms. The predicted octanol–water partition coefficient (Wildman–Crippen LogP) is 0.842. The average molecular weight is 316 g/mol. The first-order valence-electron chi connectivity index (χ1n) is 4.37. The van der Waals surface area contributed by atoms with Crippen LogP contribution in [0.3, 0.4) is 0 Å². The van der Waals surface area contributed by atoms with Crippen LogP contribution in [0.25, 0.3) is 10.9 Å². The first-order valence-corrected chi connectivity index (χ1v) is 5.45. The van der Waals surface area contributed by atoms with Gasteiger partial charge in [0.2, 0.25) is 0 Å². The molecule has 0 N–H and O–H groups in total. The normalized spacial score (nSPS) is 10.9. The summed E-state index contributed by atoms with van der Waals surface area (Å²) in [7, 11) is 3.15. The lowest BCUT2D eigenvalue weighted by Crippen LogP contribution is -2.36. The van der Waals surface area contributed by atoms with Crippen molar-refractivity contribution < 1.29 is 0 Å². The van der Waals surface area contributed by atoms with Gasteiger partial charge in [-0.15, -0.1) is 0 Å². The van der Waals surface area contributed by atoms with E-state index in [0.29, 0.717) is 10.9 Å². The summed E-state index contributed by atoms with van der Waals surface area (Å²) in [5.41, 5.74) is 0.129. The fourth-order valence-electron chi connectivity index (χ4n) is 1.57. The Hall–Kier alpha value is -1.11. The van der Waals surface area contributed by atoms with Crippen molar-refractivity contribution in [2.24, 2.45) is 14.1 Å². The molecular formula is C10H9IN2O2. The van der Waals surface area contributed by atoms with Gasteiger partial charge in [0.1, 0.15) is 0 Å². The van der Waals surface area contributed by atoms with Gasteiger partial charge in [-0.25, -0.2) is 4.79 Å². The summed E-state index contributed by atoms with van der Waals surface area (Å²) >= 11 is 2.14. The lowest BCUT2D eigenvalue weighted by molar-refractivity contribution is 0.713. The van der Waals surface area contributed by atoms with Crippen LogP contribution in [0.15, 0.2) is 27.8 Å². The highest BCUT2D eigenvalue weighted by Gasteiger charge is 2.07. The molecule has 0 fully saturated rings. The molecule has 0 bridgehead atoms. The van der Waals surface area contributed by atoms with Gasteiger partial charge in [-0.05, 0) is 40.8 Å². The van der Waals surface area contributed by atoms with Gasteiger partial charge in [0, 0.05) is 17.7 Å². The summed E-state index contributed by atoms with van der Waals surface area (Å²) < 4.78 is 3.58. The van der Waals surface area contributed by atoms with Gasteiger partial charge in [-0.1, -0.05) is 0 Å². The van der Waals surface area contributed by atoms with Gasteiger partial charge in [-0.3, -0.25) is 13.9 Å². The van der Waals surface area contributed by atoms with Crippen LogP contribution in [0, 0.1) is 3.57 Å². The monoisotopic (exact) mass is 316 g/mol. The van der Waals surface area contributed by atoms with Crippen molar-refractivity contribution in [3.05, 3.63) is 42.6 Å². The average Bonchev–Trinajstić information content (AvgIpc) is 2.23. The standard InChI is InChI=1S/C10H9IN2O2/c1-12-8-4-3-6(11)5-7(8)9(14)13(2)10(12)15/h3-5H,1-2H3. The maximum Gasteiger partial charge on any atom is 0.330 e. The molecule has 2 rings (SSSR count). The molecule has 1 heterocycles. The second-order valence-corrected chi connectivity index (χ2v) is 4.61. The van der Waals surface area contributed by atoms with Crippen molar-refractivity contribution in [3.63, 3.8) is 0 Å². The molecule has 1 aromatic heterocycles. The third kappa shape index (κ3) is 1.50. The zero-order valence-corrected chi connectivity index (χ0v) is 10.5. The molecule has 0 aliphatic rings. The lowest BCUT2D eigenvalue weighted by atomic mass is 10.2. The number of aryl methyl sites for hydroxylation is 1. The minimum absolute atomic E-state index is 0.244. The van der Waals surface area contributed by atoms with E-state index in [4.69, 9.17) is 0 Å². The van der Waals surface area contributed by atoms with Crippen LogP contribution in [0.1, 0.15) is 0 Å². The second kappa shape index (κ2) is 3.48. The molecule has 0 atom stereocenters. The minimum atomic E-state index is -0.297. The van der Waals surface area contributed by atoms with Crippen LogP contribution in [-0.2, 0) is 14.1 Å². The first-order chi connectivity index (χ1) is 7.02. The molecular weight excluding hydrogens is 307 g/mol. The van der Waals surface area contributed by atoms with Crippen molar-refractivity contribution in [3.8, 4) is 0 Å². The molecule has 4 nitrogen and oxygen atoms in total. The zero-order chi connectivity index (χ0) is 11.2. The quantitative estimate of drug-likeness (QED) is 0.676. The summed E-state index contributed by atoms with van der Waals surface area (Å²) in [5.74, 6) is 0. The first kappa shape index (κ1) is 10.4. The van der Waals surface area contributed by atoms with E-state index in [1.165, 1.54) is 11.6 Å². The highest BCUT2D eigenvalue weighted by atomic mass is 127. The number of nitrogens with zero attached hydrogens (tertiary/aromatic N) is 2. The number of benzene rings is 1. The van der Waals surface area contributed by atoms with Crippen LogP contribution < -0.4 is 11.2 Å². The molecule has 0 saturated carbocycles. The number of aromatic nitrogens is 2. The summed E-state index contributed by atoms with van der Waals surface area (Å²) in [6, 6.07) is 5.46. The van der Waals surface area contributed by atoms with E-state index in [0.717, 1.165) is 8.14 Å². The fourth-order valence-corrected chi connectivity index (χ4v) is 2.06. The molecule has 78 valence electrons. The molecule has 0 aliphatic carbocycles. The van der Waals surface area contributed by atoms with Gasteiger partial charge >= 0.3 is 5.69 Å². The Morgan fingerprint density at radius 1 is 1.13 bits per heavy atom. The highest BCUT2D eigenvalue weighted by Crippen LogP contribution is 2.11. The maximum atomic E-state index is 11.8. The van der Waals surface area contributed by atoms with E-state index < -0.39 is 0 Å². The van der Waals surface area contributed by atoms with Crippen molar-refractivity contribution in [1.82, 2.24) is 9.13 Å². The number of hydrogen-bond donors (Lipinski definition) is 0.